The van der Waals surface area contributed by atoms with Crippen LogP contribution >= 0.6 is 0 Å². The van der Waals surface area contributed by atoms with Gasteiger partial charge >= 0.3 is 0 Å². The maximum absolute atomic E-state index is 3.64. The molecular formula is C10H19N. The molecule has 0 aliphatic rings. The topological polar surface area (TPSA) is 12.0 Å². The zero-order valence-electron chi connectivity index (χ0n) is 8.07. The quantitative estimate of drug-likeness (QED) is 0.614. The summed E-state index contributed by atoms with van der Waals surface area (Å²) in [5.41, 5.74) is 1.52. The van der Waals surface area contributed by atoms with Gasteiger partial charge in [0.1, 0.15) is 0 Å². The molecule has 0 fully saturated rings. The molecule has 0 aromatic heterocycles. The van der Waals surface area contributed by atoms with Crippen LogP contribution in [0.3, 0.4) is 0 Å². The summed E-state index contributed by atoms with van der Waals surface area (Å²) in [6, 6.07) is 0. The molecule has 0 unspecified atom stereocenters. The fourth-order valence-corrected chi connectivity index (χ4v) is 0.665. The highest BCUT2D eigenvalue weighted by Crippen LogP contribution is 2.00. The second-order valence-corrected chi connectivity index (χ2v) is 3.85. The van der Waals surface area contributed by atoms with E-state index in [0.29, 0.717) is 0 Å². The second kappa shape index (κ2) is 4.35. The van der Waals surface area contributed by atoms with Gasteiger partial charge in [-0.1, -0.05) is 24.3 Å². The summed E-state index contributed by atoms with van der Waals surface area (Å²) >= 11 is 0. The van der Waals surface area contributed by atoms with Crippen LogP contribution in [0.2, 0.25) is 0 Å². The number of hydrogen-bond acceptors (Lipinski definition) is 1. The molecule has 0 spiro atoms. The first-order valence-corrected chi connectivity index (χ1v) is 3.99. The summed E-state index contributed by atoms with van der Waals surface area (Å²) in [6.07, 6.45) is 3.85. The highest BCUT2D eigenvalue weighted by molar-refractivity contribution is 5.09. The van der Waals surface area contributed by atoms with Crippen LogP contribution in [0.4, 0.5) is 0 Å². The van der Waals surface area contributed by atoms with Gasteiger partial charge in [-0.05, 0) is 27.7 Å². The van der Waals surface area contributed by atoms with Crippen molar-refractivity contribution >= 4 is 0 Å². The van der Waals surface area contributed by atoms with Crippen LogP contribution in [-0.4, -0.2) is 12.1 Å². The van der Waals surface area contributed by atoms with Gasteiger partial charge < -0.3 is 5.32 Å². The highest BCUT2D eigenvalue weighted by Gasteiger charge is 2.06. The summed E-state index contributed by atoms with van der Waals surface area (Å²) in [4.78, 5) is 0. The Kier molecular flexibility index (Phi) is 4.12. The predicted octanol–water partition coefficient (Wildman–Crippen LogP) is 2.51. The van der Waals surface area contributed by atoms with Gasteiger partial charge in [-0.2, -0.15) is 0 Å². The number of nitrogens with one attached hydrogen (secondary N) is 1. The van der Waals surface area contributed by atoms with E-state index >= 15 is 0 Å². The predicted molar refractivity (Wildman–Crippen MR) is 51.7 cm³/mol. The van der Waals surface area contributed by atoms with E-state index in [9.17, 15) is 0 Å². The fraction of sp³-hybridized carbons (Fsp3) is 0.600. The van der Waals surface area contributed by atoms with Gasteiger partial charge in [-0.15, -0.1) is 0 Å². The van der Waals surface area contributed by atoms with Crippen molar-refractivity contribution in [2.75, 3.05) is 6.54 Å². The smallest absolute Gasteiger partial charge is 0.0169 e. The van der Waals surface area contributed by atoms with Gasteiger partial charge in [0.25, 0.3) is 0 Å². The minimum atomic E-state index is 0.205. The van der Waals surface area contributed by atoms with Crippen molar-refractivity contribution in [1.82, 2.24) is 5.32 Å². The first kappa shape index (κ1) is 10.4. The standard InChI is InChI=1S/C10H19N/c1-6-7-9(2)8-11-10(3,4)5/h6-7,11H,1,8H2,2-5H3/b9-7+. The Morgan fingerprint density at radius 3 is 2.36 bits per heavy atom. The monoisotopic (exact) mass is 153 g/mol. The molecule has 0 aliphatic carbocycles. The van der Waals surface area contributed by atoms with Gasteiger partial charge in [-0.25, -0.2) is 0 Å². The lowest BCUT2D eigenvalue weighted by Gasteiger charge is -2.20. The first-order valence-electron chi connectivity index (χ1n) is 3.99. The van der Waals surface area contributed by atoms with Gasteiger partial charge in [0.2, 0.25) is 0 Å². The molecule has 0 atom stereocenters. The van der Waals surface area contributed by atoms with Crippen LogP contribution in [0.1, 0.15) is 27.7 Å². The van der Waals surface area contributed by atoms with Crippen molar-refractivity contribution < 1.29 is 0 Å². The third-order valence-corrected chi connectivity index (χ3v) is 1.30. The summed E-state index contributed by atoms with van der Waals surface area (Å²) in [5.74, 6) is 0. The molecular weight excluding hydrogens is 134 g/mol. The van der Waals surface area contributed by atoms with E-state index in [0.717, 1.165) is 6.54 Å². The molecule has 11 heavy (non-hydrogen) atoms. The Hall–Kier alpha value is -0.560. The van der Waals surface area contributed by atoms with Crippen molar-refractivity contribution in [3.8, 4) is 0 Å². The van der Waals surface area contributed by atoms with Gasteiger partial charge in [0.15, 0.2) is 0 Å². The van der Waals surface area contributed by atoms with Crippen molar-refractivity contribution in [3.05, 3.63) is 24.3 Å². The number of allylic oxidation sites excluding steroid dienone is 2. The van der Waals surface area contributed by atoms with Crippen LogP contribution in [0.25, 0.3) is 0 Å². The average molecular weight is 153 g/mol. The van der Waals surface area contributed by atoms with Crippen LogP contribution in [0, 0.1) is 0 Å². The van der Waals surface area contributed by atoms with E-state index in [4.69, 9.17) is 0 Å². The summed E-state index contributed by atoms with van der Waals surface area (Å²) in [7, 11) is 0. The van der Waals surface area contributed by atoms with Crippen LogP contribution < -0.4 is 5.32 Å². The molecule has 0 aromatic carbocycles. The van der Waals surface area contributed by atoms with Crippen molar-refractivity contribution in [3.63, 3.8) is 0 Å². The Morgan fingerprint density at radius 2 is 2.00 bits per heavy atom. The third kappa shape index (κ3) is 7.34. The Labute approximate surface area is 70.2 Å². The molecule has 0 amide bonds. The second-order valence-electron chi connectivity index (χ2n) is 3.85. The molecule has 0 saturated carbocycles. The summed E-state index contributed by atoms with van der Waals surface area (Å²) in [6.45, 7) is 13.2. The third-order valence-electron chi connectivity index (χ3n) is 1.30. The summed E-state index contributed by atoms with van der Waals surface area (Å²) in [5, 5.41) is 3.39. The molecule has 0 aliphatic heterocycles. The SMILES string of the molecule is C=C/C=C(\C)CNC(C)(C)C. The molecule has 1 nitrogen and oxygen atoms in total. The van der Waals surface area contributed by atoms with E-state index in [1.807, 2.05) is 12.2 Å². The fourth-order valence-electron chi connectivity index (χ4n) is 0.665. The molecule has 0 radical (unpaired) electrons. The molecule has 0 heterocycles. The summed E-state index contributed by atoms with van der Waals surface area (Å²) < 4.78 is 0. The zero-order chi connectivity index (χ0) is 8.91. The molecule has 1 N–H and O–H groups in total. The molecule has 64 valence electrons. The van der Waals surface area contributed by atoms with Crippen molar-refractivity contribution in [2.24, 2.45) is 0 Å². The van der Waals surface area contributed by atoms with Crippen molar-refractivity contribution in [1.29, 1.82) is 0 Å². The maximum Gasteiger partial charge on any atom is 0.0169 e. The van der Waals surface area contributed by atoms with E-state index in [2.05, 4.69) is 39.6 Å². The Morgan fingerprint density at radius 1 is 1.45 bits per heavy atom. The minimum absolute atomic E-state index is 0.205. The lowest BCUT2D eigenvalue weighted by molar-refractivity contribution is 0.444. The molecule has 0 aromatic rings. The molecule has 0 saturated heterocycles. The lowest BCUT2D eigenvalue weighted by atomic mass is 10.1. The zero-order valence-corrected chi connectivity index (χ0v) is 8.07. The Bertz CT molecular complexity index is 149. The Balaban J connectivity index is 3.71. The van der Waals surface area contributed by atoms with E-state index < -0.39 is 0 Å². The first-order chi connectivity index (χ1) is 4.95. The number of rotatable bonds is 3. The van der Waals surface area contributed by atoms with Gasteiger partial charge in [0, 0.05) is 12.1 Å². The van der Waals surface area contributed by atoms with E-state index in [1.54, 1.807) is 0 Å². The van der Waals surface area contributed by atoms with Crippen LogP contribution in [0.5, 0.6) is 0 Å². The maximum atomic E-state index is 3.64. The normalized spacial score (nSPS) is 13.3. The average Bonchev–Trinajstić information content (AvgIpc) is 1.83. The van der Waals surface area contributed by atoms with Crippen LogP contribution in [0.15, 0.2) is 24.3 Å². The highest BCUT2D eigenvalue weighted by atomic mass is 14.9. The lowest BCUT2D eigenvalue weighted by Crippen LogP contribution is -2.36. The largest absolute Gasteiger partial charge is 0.308 e. The number of hydrogen-bond donors (Lipinski definition) is 1. The molecule has 0 bridgehead atoms. The van der Waals surface area contributed by atoms with E-state index in [1.165, 1.54) is 5.57 Å². The van der Waals surface area contributed by atoms with Crippen molar-refractivity contribution in [2.45, 2.75) is 33.2 Å². The van der Waals surface area contributed by atoms with Gasteiger partial charge in [0.05, 0.1) is 0 Å². The minimum Gasteiger partial charge on any atom is -0.308 e. The van der Waals surface area contributed by atoms with E-state index in [-0.39, 0.29) is 5.54 Å². The molecule has 0 rings (SSSR count). The van der Waals surface area contributed by atoms with Crippen LogP contribution in [-0.2, 0) is 0 Å². The molecule has 1 heteroatoms. The van der Waals surface area contributed by atoms with Gasteiger partial charge in [-0.3, -0.25) is 0 Å².